The van der Waals surface area contributed by atoms with Crippen LogP contribution in [0.15, 0.2) is 47.6 Å². The topological polar surface area (TPSA) is 72.3 Å². The summed E-state index contributed by atoms with van der Waals surface area (Å²) in [5.74, 6) is 1.54. The van der Waals surface area contributed by atoms with Crippen molar-refractivity contribution in [3.05, 3.63) is 42.5 Å². The predicted molar refractivity (Wildman–Crippen MR) is 121 cm³/mol. The second-order valence-electron chi connectivity index (χ2n) is 7.75. The van der Waals surface area contributed by atoms with E-state index >= 15 is 0 Å². The Morgan fingerprint density at radius 2 is 1.90 bits per heavy atom. The molecule has 0 unspecified atom stereocenters. The van der Waals surface area contributed by atoms with Gasteiger partial charge in [0.05, 0.1) is 19.0 Å². The van der Waals surface area contributed by atoms with E-state index in [1.807, 2.05) is 42.5 Å². The number of hydrogen-bond acceptors (Lipinski definition) is 6. The Balaban J connectivity index is 1.46. The maximum Gasteiger partial charge on any atom is 0.234 e. The van der Waals surface area contributed by atoms with Crippen molar-refractivity contribution >= 4 is 40.1 Å². The normalized spacial score (nSPS) is 14.4. The van der Waals surface area contributed by atoms with Crippen LogP contribution in [-0.4, -0.2) is 52.7 Å². The fourth-order valence-corrected chi connectivity index (χ4v) is 4.30. The molecule has 1 aliphatic rings. The van der Waals surface area contributed by atoms with Crippen LogP contribution in [0.4, 0.5) is 11.6 Å². The van der Waals surface area contributed by atoms with Gasteiger partial charge in [-0.15, -0.1) is 10.2 Å². The molecule has 1 saturated heterocycles. The lowest BCUT2D eigenvalue weighted by molar-refractivity contribution is -0.113. The van der Waals surface area contributed by atoms with Crippen LogP contribution in [0.1, 0.15) is 13.8 Å². The highest BCUT2D eigenvalue weighted by Gasteiger charge is 2.21. The van der Waals surface area contributed by atoms with Crippen LogP contribution < -0.4 is 10.2 Å². The number of nitrogens with one attached hydrogen (secondary N) is 1. The van der Waals surface area contributed by atoms with Crippen LogP contribution in [-0.2, 0) is 16.1 Å². The van der Waals surface area contributed by atoms with Crippen LogP contribution in [0.25, 0.3) is 10.8 Å². The van der Waals surface area contributed by atoms with Crippen molar-refractivity contribution in [2.24, 2.45) is 5.92 Å². The molecule has 0 aliphatic carbocycles. The zero-order valence-corrected chi connectivity index (χ0v) is 18.2. The number of rotatable bonds is 7. The van der Waals surface area contributed by atoms with Gasteiger partial charge in [0.25, 0.3) is 0 Å². The van der Waals surface area contributed by atoms with Gasteiger partial charge in [0.2, 0.25) is 11.9 Å². The fraction of sp³-hybridized carbons (Fsp3) is 0.409. The molecule has 1 N–H and O–H groups in total. The highest BCUT2D eigenvalue weighted by atomic mass is 32.2. The molecule has 30 heavy (non-hydrogen) atoms. The molecular formula is C22H27N5O2S. The van der Waals surface area contributed by atoms with Crippen molar-refractivity contribution in [1.82, 2.24) is 14.8 Å². The van der Waals surface area contributed by atoms with E-state index in [1.165, 1.54) is 11.8 Å². The van der Waals surface area contributed by atoms with Gasteiger partial charge in [-0.25, -0.2) is 0 Å². The van der Waals surface area contributed by atoms with E-state index in [-0.39, 0.29) is 11.7 Å². The van der Waals surface area contributed by atoms with Gasteiger partial charge >= 0.3 is 0 Å². The Hall–Kier alpha value is -2.58. The van der Waals surface area contributed by atoms with Crippen molar-refractivity contribution in [1.29, 1.82) is 0 Å². The van der Waals surface area contributed by atoms with Crippen LogP contribution in [0.3, 0.4) is 0 Å². The average Bonchev–Trinajstić information content (AvgIpc) is 3.15. The maximum absolute atomic E-state index is 12.7. The number of nitrogens with zero attached hydrogens (tertiary/aromatic N) is 4. The molecule has 4 rings (SSSR count). The molecule has 0 spiro atoms. The number of anilines is 2. The molecule has 8 heteroatoms. The van der Waals surface area contributed by atoms with Gasteiger partial charge in [0.1, 0.15) is 0 Å². The van der Waals surface area contributed by atoms with Gasteiger partial charge in [-0.05, 0) is 17.4 Å². The van der Waals surface area contributed by atoms with E-state index < -0.39 is 0 Å². The second kappa shape index (κ2) is 9.49. The van der Waals surface area contributed by atoms with Gasteiger partial charge in [0, 0.05) is 30.7 Å². The summed E-state index contributed by atoms with van der Waals surface area (Å²) in [4.78, 5) is 14.9. The van der Waals surface area contributed by atoms with Gasteiger partial charge in [-0.2, -0.15) is 0 Å². The molecule has 0 saturated carbocycles. The number of fused-ring (bicyclic) bond motifs is 1. The lowest BCUT2D eigenvalue weighted by Gasteiger charge is -2.28. The Morgan fingerprint density at radius 1 is 1.13 bits per heavy atom. The molecule has 1 aliphatic heterocycles. The van der Waals surface area contributed by atoms with Crippen LogP contribution >= 0.6 is 11.8 Å². The minimum atomic E-state index is -0.0524. The van der Waals surface area contributed by atoms with Gasteiger partial charge in [0.15, 0.2) is 5.16 Å². The molecule has 2 aromatic carbocycles. The summed E-state index contributed by atoms with van der Waals surface area (Å²) >= 11 is 1.43. The van der Waals surface area contributed by atoms with Crippen molar-refractivity contribution in [2.45, 2.75) is 25.5 Å². The minimum Gasteiger partial charge on any atom is -0.378 e. The van der Waals surface area contributed by atoms with E-state index in [4.69, 9.17) is 4.74 Å². The summed E-state index contributed by atoms with van der Waals surface area (Å²) in [7, 11) is 0. The third kappa shape index (κ3) is 4.76. The number of hydrogen-bond donors (Lipinski definition) is 1. The summed E-state index contributed by atoms with van der Waals surface area (Å²) in [5.41, 5.74) is 0.830. The van der Waals surface area contributed by atoms with E-state index in [1.54, 1.807) is 0 Å². The van der Waals surface area contributed by atoms with Crippen LogP contribution in [0.2, 0.25) is 0 Å². The molecule has 0 radical (unpaired) electrons. The lowest BCUT2D eigenvalue weighted by atomic mass is 10.1. The number of thioether (sulfide) groups is 1. The molecule has 0 bridgehead atoms. The first-order valence-corrected chi connectivity index (χ1v) is 11.3. The molecule has 0 atom stereocenters. The predicted octanol–water partition coefficient (Wildman–Crippen LogP) is 3.65. The summed E-state index contributed by atoms with van der Waals surface area (Å²) in [5, 5.41) is 14.8. The van der Waals surface area contributed by atoms with Gasteiger partial charge in [-0.3, -0.25) is 9.36 Å². The molecule has 1 amide bonds. The SMILES string of the molecule is CC(C)Cn1c(SCC(=O)Nc2cccc3ccccc23)nnc1N1CCOCC1. The standard InChI is InChI=1S/C22H27N5O2S/c1-16(2)14-27-21(26-10-12-29-13-11-26)24-25-22(27)30-15-20(28)23-19-9-5-7-17-6-3-4-8-18(17)19/h3-9,16H,10-15H2,1-2H3,(H,23,28). The molecule has 3 aromatic rings. The van der Waals surface area contributed by atoms with Gasteiger partial charge < -0.3 is 15.0 Å². The number of morpholine rings is 1. The van der Waals surface area contributed by atoms with Crippen molar-refractivity contribution < 1.29 is 9.53 Å². The first-order chi connectivity index (χ1) is 14.6. The third-order valence-corrected chi connectivity index (χ3v) is 5.90. The second-order valence-corrected chi connectivity index (χ2v) is 8.69. The third-order valence-electron chi connectivity index (χ3n) is 4.94. The molecule has 1 fully saturated rings. The quantitative estimate of drug-likeness (QED) is 0.583. The number of amides is 1. The summed E-state index contributed by atoms with van der Waals surface area (Å²) in [6.07, 6.45) is 0. The van der Waals surface area contributed by atoms with Crippen molar-refractivity contribution in [2.75, 3.05) is 42.3 Å². The van der Waals surface area contributed by atoms with Crippen LogP contribution in [0.5, 0.6) is 0 Å². The Morgan fingerprint density at radius 3 is 2.70 bits per heavy atom. The molecule has 158 valence electrons. The number of ether oxygens (including phenoxy) is 1. The largest absolute Gasteiger partial charge is 0.378 e. The van der Waals surface area contributed by atoms with Crippen LogP contribution in [0, 0.1) is 5.92 Å². The average molecular weight is 426 g/mol. The first-order valence-electron chi connectivity index (χ1n) is 10.3. The molecule has 7 nitrogen and oxygen atoms in total. The molecule has 1 aromatic heterocycles. The first kappa shape index (κ1) is 20.7. The zero-order chi connectivity index (χ0) is 20.9. The number of benzene rings is 2. The highest BCUT2D eigenvalue weighted by Crippen LogP contribution is 2.26. The number of aromatic nitrogens is 3. The van der Waals surface area contributed by atoms with E-state index in [9.17, 15) is 4.79 Å². The minimum absolute atomic E-state index is 0.0524. The summed E-state index contributed by atoms with van der Waals surface area (Å²) in [6, 6.07) is 14.0. The smallest absolute Gasteiger partial charge is 0.234 e. The van der Waals surface area contributed by atoms with Crippen molar-refractivity contribution in [3.8, 4) is 0 Å². The number of carbonyl (C=O) groups is 1. The van der Waals surface area contributed by atoms with E-state index in [0.717, 1.165) is 47.2 Å². The summed E-state index contributed by atoms with van der Waals surface area (Å²) in [6.45, 7) is 8.17. The Bertz CT molecular complexity index is 1010. The fourth-order valence-electron chi connectivity index (χ4n) is 3.56. The van der Waals surface area contributed by atoms with E-state index in [0.29, 0.717) is 19.1 Å². The monoisotopic (exact) mass is 425 g/mol. The highest BCUT2D eigenvalue weighted by molar-refractivity contribution is 7.99. The number of carbonyl (C=O) groups excluding carboxylic acids is 1. The Labute approximate surface area is 180 Å². The maximum atomic E-state index is 12.7. The molecular weight excluding hydrogens is 398 g/mol. The van der Waals surface area contributed by atoms with Gasteiger partial charge in [-0.1, -0.05) is 62.0 Å². The molecule has 2 heterocycles. The zero-order valence-electron chi connectivity index (χ0n) is 17.4. The lowest BCUT2D eigenvalue weighted by Crippen LogP contribution is -2.38. The van der Waals surface area contributed by atoms with E-state index in [2.05, 4.69) is 38.8 Å². The summed E-state index contributed by atoms with van der Waals surface area (Å²) < 4.78 is 7.59. The van der Waals surface area contributed by atoms with Crippen molar-refractivity contribution in [3.63, 3.8) is 0 Å². The Kier molecular flexibility index (Phi) is 6.54.